The Balaban J connectivity index is 2.04. The highest BCUT2D eigenvalue weighted by Crippen LogP contribution is 2.26. The molecule has 0 spiro atoms. The zero-order valence-corrected chi connectivity index (χ0v) is 24.8. The number of hydrogen-bond acceptors (Lipinski definition) is 4. The largest absolute Gasteiger partial charge is 0.350 e. The summed E-state index contributed by atoms with van der Waals surface area (Å²) >= 11 is 5.99. The van der Waals surface area contributed by atoms with Gasteiger partial charge in [0.05, 0.1) is 10.6 Å². The molecule has 0 radical (unpaired) electrons. The van der Waals surface area contributed by atoms with E-state index in [1.165, 1.54) is 29.2 Å². The van der Waals surface area contributed by atoms with Gasteiger partial charge in [0.25, 0.3) is 10.0 Å². The molecule has 208 valence electrons. The minimum Gasteiger partial charge on any atom is -0.350 e. The van der Waals surface area contributed by atoms with Crippen molar-refractivity contribution in [1.29, 1.82) is 0 Å². The van der Waals surface area contributed by atoms with Crippen LogP contribution in [0.1, 0.15) is 44.4 Å². The zero-order valence-electron chi connectivity index (χ0n) is 23.2. The van der Waals surface area contributed by atoms with Crippen molar-refractivity contribution in [1.82, 2.24) is 10.2 Å². The van der Waals surface area contributed by atoms with Crippen molar-refractivity contribution in [2.45, 2.75) is 64.6 Å². The predicted molar refractivity (Wildman–Crippen MR) is 156 cm³/mol. The number of sulfonamides is 1. The van der Waals surface area contributed by atoms with Gasteiger partial charge in [-0.05, 0) is 89.1 Å². The van der Waals surface area contributed by atoms with Crippen LogP contribution < -0.4 is 9.62 Å². The topological polar surface area (TPSA) is 86.8 Å². The third-order valence-corrected chi connectivity index (χ3v) is 8.31. The van der Waals surface area contributed by atoms with Crippen LogP contribution in [-0.2, 0) is 26.2 Å². The van der Waals surface area contributed by atoms with E-state index in [1.807, 2.05) is 58.9 Å². The monoisotopic (exact) mass is 569 g/mol. The molecule has 0 fully saturated rings. The maximum atomic E-state index is 14.0. The number of nitrogens with zero attached hydrogens (tertiary/aromatic N) is 2. The number of carbonyl (C=O) groups is 2. The lowest BCUT2D eigenvalue weighted by Gasteiger charge is -2.33. The van der Waals surface area contributed by atoms with E-state index in [1.54, 1.807) is 31.2 Å². The summed E-state index contributed by atoms with van der Waals surface area (Å²) in [4.78, 5) is 28.6. The summed E-state index contributed by atoms with van der Waals surface area (Å²) in [6.07, 6.45) is 0. The number of hydrogen-bond donors (Lipinski definition) is 1. The first kappa shape index (κ1) is 30.2. The van der Waals surface area contributed by atoms with E-state index < -0.39 is 34.1 Å². The zero-order chi connectivity index (χ0) is 29.0. The molecular weight excluding hydrogens is 534 g/mol. The Kier molecular flexibility index (Phi) is 9.46. The van der Waals surface area contributed by atoms with Gasteiger partial charge >= 0.3 is 0 Å². The van der Waals surface area contributed by atoms with Gasteiger partial charge in [0.1, 0.15) is 12.6 Å². The molecule has 0 bridgehead atoms. The summed E-state index contributed by atoms with van der Waals surface area (Å²) in [5, 5.41) is 3.33. The molecular formula is C30H36ClN3O4S. The lowest BCUT2D eigenvalue weighted by atomic mass is 10.1. The Hall–Kier alpha value is -3.36. The number of rotatable bonds is 9. The standard InChI is InChI=1S/C30H36ClN3O4S/c1-21-11-15-26(16-12-21)34(39(37,38)27-17-13-25(31)14-18-27)20-28(35)33(19-24-10-8-7-9-22(24)2)23(3)29(36)32-30(4,5)6/h7-18,23H,19-20H2,1-6H3,(H,32,36)/t23-/m1/s1. The van der Waals surface area contributed by atoms with Crippen LogP contribution in [0, 0.1) is 13.8 Å². The average molecular weight is 570 g/mol. The lowest BCUT2D eigenvalue weighted by Crippen LogP contribution is -2.54. The number of nitrogens with one attached hydrogen (secondary N) is 1. The van der Waals surface area contributed by atoms with Crippen LogP contribution in [0.25, 0.3) is 0 Å². The molecule has 2 amide bonds. The van der Waals surface area contributed by atoms with Crippen LogP contribution in [0.15, 0.2) is 77.7 Å². The van der Waals surface area contributed by atoms with Gasteiger partial charge in [-0.1, -0.05) is 53.6 Å². The first-order valence-electron chi connectivity index (χ1n) is 12.7. The van der Waals surface area contributed by atoms with Crippen LogP contribution in [0.2, 0.25) is 5.02 Å². The van der Waals surface area contributed by atoms with Gasteiger partial charge < -0.3 is 10.2 Å². The number of halogens is 1. The molecule has 0 aliphatic heterocycles. The number of anilines is 1. The Morgan fingerprint density at radius 2 is 1.51 bits per heavy atom. The summed E-state index contributed by atoms with van der Waals surface area (Å²) in [6.45, 7) is 10.7. The third kappa shape index (κ3) is 7.83. The quantitative estimate of drug-likeness (QED) is 0.369. The maximum Gasteiger partial charge on any atom is 0.264 e. The van der Waals surface area contributed by atoms with E-state index in [9.17, 15) is 18.0 Å². The molecule has 0 heterocycles. The van der Waals surface area contributed by atoms with Crippen molar-refractivity contribution in [2.24, 2.45) is 0 Å². The Morgan fingerprint density at radius 3 is 2.08 bits per heavy atom. The Labute approximate surface area is 236 Å². The Bertz CT molecular complexity index is 1420. The molecule has 0 aromatic heterocycles. The van der Waals surface area contributed by atoms with Crippen LogP contribution in [0.5, 0.6) is 0 Å². The highest BCUT2D eigenvalue weighted by atomic mass is 35.5. The molecule has 1 N–H and O–H groups in total. The number of aryl methyl sites for hydroxylation is 2. The number of amides is 2. The maximum absolute atomic E-state index is 14.0. The smallest absolute Gasteiger partial charge is 0.264 e. The van der Waals surface area contributed by atoms with Gasteiger partial charge in [0, 0.05) is 17.1 Å². The van der Waals surface area contributed by atoms with E-state index in [-0.39, 0.29) is 17.3 Å². The van der Waals surface area contributed by atoms with Crippen LogP contribution in [0.4, 0.5) is 5.69 Å². The van der Waals surface area contributed by atoms with Gasteiger partial charge in [-0.25, -0.2) is 8.42 Å². The summed E-state index contributed by atoms with van der Waals surface area (Å²) < 4.78 is 28.7. The van der Waals surface area contributed by atoms with E-state index in [4.69, 9.17) is 11.6 Å². The molecule has 1 atom stereocenters. The van der Waals surface area contributed by atoms with E-state index in [0.717, 1.165) is 21.0 Å². The van der Waals surface area contributed by atoms with Crippen LogP contribution >= 0.6 is 11.6 Å². The SMILES string of the molecule is Cc1ccc(N(CC(=O)N(Cc2ccccc2C)[C@H](C)C(=O)NC(C)(C)C)S(=O)(=O)c2ccc(Cl)cc2)cc1. The van der Waals surface area contributed by atoms with E-state index in [2.05, 4.69) is 5.32 Å². The van der Waals surface area contributed by atoms with Crippen molar-refractivity contribution < 1.29 is 18.0 Å². The summed E-state index contributed by atoms with van der Waals surface area (Å²) in [5.41, 5.74) is 2.61. The van der Waals surface area contributed by atoms with Crippen LogP contribution in [0.3, 0.4) is 0 Å². The lowest BCUT2D eigenvalue weighted by molar-refractivity contribution is -0.140. The second kappa shape index (κ2) is 12.2. The fourth-order valence-corrected chi connectivity index (χ4v) is 5.54. The Morgan fingerprint density at radius 1 is 0.923 bits per heavy atom. The highest BCUT2D eigenvalue weighted by Gasteiger charge is 2.33. The van der Waals surface area contributed by atoms with Crippen molar-refractivity contribution in [3.05, 3.63) is 94.5 Å². The minimum absolute atomic E-state index is 0.00394. The number of carbonyl (C=O) groups excluding carboxylic acids is 2. The normalized spacial score (nSPS) is 12.5. The molecule has 3 aromatic carbocycles. The van der Waals surface area contributed by atoms with Gasteiger partial charge in [-0.2, -0.15) is 0 Å². The minimum atomic E-state index is -4.14. The van der Waals surface area contributed by atoms with E-state index in [0.29, 0.717) is 10.7 Å². The first-order chi connectivity index (χ1) is 18.2. The number of benzene rings is 3. The molecule has 0 saturated carbocycles. The predicted octanol–water partition coefficient (Wildman–Crippen LogP) is 5.48. The summed E-state index contributed by atoms with van der Waals surface area (Å²) in [5.74, 6) is -0.834. The van der Waals surface area contributed by atoms with Gasteiger partial charge in [-0.3, -0.25) is 13.9 Å². The fraction of sp³-hybridized carbons (Fsp3) is 0.333. The summed E-state index contributed by atoms with van der Waals surface area (Å²) in [6, 6.07) is 19.5. The van der Waals surface area contributed by atoms with Crippen molar-refractivity contribution in [2.75, 3.05) is 10.8 Å². The molecule has 9 heteroatoms. The second-order valence-corrected chi connectivity index (χ2v) is 13.0. The highest BCUT2D eigenvalue weighted by molar-refractivity contribution is 7.92. The van der Waals surface area contributed by atoms with Crippen molar-refractivity contribution >= 4 is 39.1 Å². The molecule has 3 rings (SSSR count). The van der Waals surface area contributed by atoms with Crippen LogP contribution in [-0.4, -0.2) is 43.3 Å². The molecule has 7 nitrogen and oxygen atoms in total. The fourth-order valence-electron chi connectivity index (χ4n) is 4.00. The van der Waals surface area contributed by atoms with Gasteiger partial charge in [0.2, 0.25) is 11.8 Å². The van der Waals surface area contributed by atoms with Crippen molar-refractivity contribution in [3.8, 4) is 0 Å². The molecule has 0 aliphatic carbocycles. The molecule has 39 heavy (non-hydrogen) atoms. The third-order valence-electron chi connectivity index (χ3n) is 6.27. The van der Waals surface area contributed by atoms with Crippen molar-refractivity contribution in [3.63, 3.8) is 0 Å². The van der Waals surface area contributed by atoms with Gasteiger partial charge in [0.15, 0.2) is 0 Å². The average Bonchev–Trinajstić information content (AvgIpc) is 2.86. The molecule has 3 aromatic rings. The van der Waals surface area contributed by atoms with Gasteiger partial charge in [-0.15, -0.1) is 0 Å². The summed E-state index contributed by atoms with van der Waals surface area (Å²) in [7, 11) is -4.14. The first-order valence-corrected chi connectivity index (χ1v) is 14.5. The van der Waals surface area contributed by atoms with E-state index >= 15 is 0 Å². The molecule has 0 aliphatic rings. The molecule has 0 unspecified atom stereocenters. The second-order valence-electron chi connectivity index (χ2n) is 10.7. The molecule has 0 saturated heterocycles.